The highest BCUT2D eigenvalue weighted by atomic mass is 16.6. The molecule has 0 fully saturated rings. The molecule has 0 amide bonds. The van der Waals surface area contributed by atoms with Crippen LogP contribution < -0.4 is 0 Å². The van der Waals surface area contributed by atoms with Crippen LogP contribution in [0.25, 0.3) is 0 Å². The minimum absolute atomic E-state index is 0.0802. The van der Waals surface area contributed by atoms with Crippen LogP contribution in [0.5, 0.6) is 0 Å². The lowest BCUT2D eigenvalue weighted by atomic mass is 10.1. The van der Waals surface area contributed by atoms with E-state index in [1.165, 1.54) is 19.1 Å². The molecule has 4 heteroatoms. The van der Waals surface area contributed by atoms with Gasteiger partial charge in [-0.05, 0) is 18.9 Å². The zero-order valence-corrected chi connectivity index (χ0v) is 7.90. The van der Waals surface area contributed by atoms with Crippen molar-refractivity contribution in [1.29, 1.82) is 0 Å². The maximum absolute atomic E-state index is 10.7. The highest BCUT2D eigenvalue weighted by molar-refractivity contribution is 5.75. The number of non-ortho nitro benzene ring substituents is 1. The Morgan fingerprint density at radius 1 is 1.36 bits per heavy atom. The molecule has 0 aliphatic heterocycles. The van der Waals surface area contributed by atoms with E-state index in [9.17, 15) is 14.9 Å². The fourth-order valence-corrected chi connectivity index (χ4v) is 1.10. The zero-order valence-electron chi connectivity index (χ0n) is 7.90. The highest BCUT2D eigenvalue weighted by Crippen LogP contribution is 2.12. The fourth-order valence-electron chi connectivity index (χ4n) is 1.10. The number of Topliss-reactive ketones (excluding diaryl/α,β-unsaturated/α-hetero) is 1. The Bertz CT molecular complexity index is 343. The second-order valence-corrected chi connectivity index (χ2v) is 3.13. The van der Waals surface area contributed by atoms with Crippen LogP contribution in [0.4, 0.5) is 5.69 Å². The average molecular weight is 193 g/mol. The van der Waals surface area contributed by atoms with Crippen LogP contribution in [0.3, 0.4) is 0 Å². The van der Waals surface area contributed by atoms with Gasteiger partial charge in [-0.1, -0.05) is 12.1 Å². The van der Waals surface area contributed by atoms with Gasteiger partial charge in [0.05, 0.1) is 4.92 Å². The van der Waals surface area contributed by atoms with Crippen molar-refractivity contribution in [2.45, 2.75) is 19.8 Å². The molecule has 0 spiro atoms. The van der Waals surface area contributed by atoms with Crippen LogP contribution in [-0.2, 0) is 11.2 Å². The number of carbonyl (C=O) groups is 1. The molecule has 0 saturated heterocycles. The number of ketones is 1. The topological polar surface area (TPSA) is 60.2 Å². The molecule has 1 aromatic carbocycles. The van der Waals surface area contributed by atoms with Gasteiger partial charge in [-0.15, -0.1) is 0 Å². The quantitative estimate of drug-likeness (QED) is 0.543. The van der Waals surface area contributed by atoms with E-state index >= 15 is 0 Å². The van der Waals surface area contributed by atoms with E-state index in [1.54, 1.807) is 12.1 Å². The van der Waals surface area contributed by atoms with Gasteiger partial charge in [0.25, 0.3) is 5.69 Å². The Balaban J connectivity index is 2.64. The molecular formula is C10H11NO3. The Kier molecular flexibility index (Phi) is 3.34. The number of rotatable bonds is 4. The zero-order chi connectivity index (χ0) is 10.6. The lowest BCUT2D eigenvalue weighted by Crippen LogP contribution is -1.94. The molecule has 14 heavy (non-hydrogen) atoms. The summed E-state index contributed by atoms with van der Waals surface area (Å²) in [6.07, 6.45) is 1.13. The van der Waals surface area contributed by atoms with Crippen LogP contribution in [0.2, 0.25) is 0 Å². The molecule has 0 bridgehead atoms. The van der Waals surface area contributed by atoms with E-state index in [2.05, 4.69) is 0 Å². The summed E-state index contributed by atoms with van der Waals surface area (Å²) in [5.41, 5.74) is 1.03. The van der Waals surface area contributed by atoms with Crippen molar-refractivity contribution in [3.63, 3.8) is 0 Å². The van der Waals surface area contributed by atoms with E-state index in [-0.39, 0.29) is 11.5 Å². The molecule has 0 N–H and O–H groups in total. The van der Waals surface area contributed by atoms with Gasteiger partial charge in [0.1, 0.15) is 5.78 Å². The van der Waals surface area contributed by atoms with Crippen molar-refractivity contribution in [3.8, 4) is 0 Å². The second kappa shape index (κ2) is 4.50. The summed E-state index contributed by atoms with van der Waals surface area (Å²) in [5, 5.41) is 10.3. The Morgan fingerprint density at radius 2 is 1.93 bits per heavy atom. The first kappa shape index (κ1) is 10.4. The highest BCUT2D eigenvalue weighted by Gasteiger charge is 2.03. The summed E-state index contributed by atoms with van der Waals surface area (Å²) in [4.78, 5) is 20.6. The van der Waals surface area contributed by atoms with Crippen molar-refractivity contribution in [1.82, 2.24) is 0 Å². The monoisotopic (exact) mass is 193 g/mol. The molecule has 0 aliphatic carbocycles. The molecule has 0 heterocycles. The van der Waals surface area contributed by atoms with E-state index in [4.69, 9.17) is 0 Å². The summed E-state index contributed by atoms with van der Waals surface area (Å²) in [6.45, 7) is 1.53. The smallest absolute Gasteiger partial charge is 0.269 e. The van der Waals surface area contributed by atoms with Crippen molar-refractivity contribution >= 4 is 11.5 Å². The van der Waals surface area contributed by atoms with Gasteiger partial charge < -0.3 is 4.79 Å². The molecular weight excluding hydrogens is 182 g/mol. The number of hydrogen-bond donors (Lipinski definition) is 0. The van der Waals surface area contributed by atoms with Crippen LogP contribution in [0, 0.1) is 10.1 Å². The van der Waals surface area contributed by atoms with Crippen molar-refractivity contribution in [3.05, 3.63) is 39.9 Å². The maximum Gasteiger partial charge on any atom is 0.269 e. The molecule has 0 radical (unpaired) electrons. The molecule has 0 aliphatic rings. The summed E-state index contributed by atoms with van der Waals surface area (Å²) in [6, 6.07) is 6.27. The Labute approximate surface area is 81.7 Å². The van der Waals surface area contributed by atoms with Crippen molar-refractivity contribution in [2.75, 3.05) is 0 Å². The minimum atomic E-state index is -0.436. The first-order valence-electron chi connectivity index (χ1n) is 4.32. The van der Waals surface area contributed by atoms with Gasteiger partial charge in [-0.2, -0.15) is 0 Å². The molecule has 1 rings (SSSR count). The number of benzene rings is 1. The first-order valence-corrected chi connectivity index (χ1v) is 4.32. The third-order valence-corrected chi connectivity index (χ3v) is 1.91. The van der Waals surface area contributed by atoms with Gasteiger partial charge in [-0.25, -0.2) is 0 Å². The molecule has 74 valence electrons. The minimum Gasteiger partial charge on any atom is -0.300 e. The van der Waals surface area contributed by atoms with E-state index in [0.717, 1.165) is 5.56 Å². The Morgan fingerprint density at radius 3 is 2.36 bits per heavy atom. The largest absolute Gasteiger partial charge is 0.300 e. The summed E-state index contributed by atoms with van der Waals surface area (Å²) < 4.78 is 0. The maximum atomic E-state index is 10.7. The lowest BCUT2D eigenvalue weighted by molar-refractivity contribution is -0.384. The van der Waals surface area contributed by atoms with Gasteiger partial charge in [0.2, 0.25) is 0 Å². The summed E-state index contributed by atoms with van der Waals surface area (Å²) >= 11 is 0. The van der Waals surface area contributed by atoms with Crippen molar-refractivity contribution < 1.29 is 9.72 Å². The predicted octanol–water partition coefficient (Wildman–Crippen LogP) is 2.12. The number of aryl methyl sites for hydroxylation is 1. The molecule has 0 aromatic heterocycles. The van der Waals surface area contributed by atoms with Crippen LogP contribution in [0.15, 0.2) is 24.3 Å². The van der Waals surface area contributed by atoms with E-state index in [0.29, 0.717) is 12.8 Å². The molecule has 0 atom stereocenters. The number of nitro benzene ring substituents is 1. The van der Waals surface area contributed by atoms with E-state index < -0.39 is 4.92 Å². The lowest BCUT2D eigenvalue weighted by Gasteiger charge is -1.97. The fraction of sp³-hybridized carbons (Fsp3) is 0.300. The standard InChI is InChI=1S/C10H11NO3/c1-8(12)2-3-9-4-6-10(7-5-9)11(13)14/h4-7H,2-3H2,1H3. The summed E-state index contributed by atoms with van der Waals surface area (Å²) in [7, 11) is 0. The van der Waals surface area contributed by atoms with Crippen molar-refractivity contribution in [2.24, 2.45) is 0 Å². The number of carbonyl (C=O) groups excluding carboxylic acids is 1. The Hall–Kier alpha value is -1.71. The number of hydrogen-bond acceptors (Lipinski definition) is 3. The van der Waals surface area contributed by atoms with E-state index in [1.807, 2.05) is 0 Å². The van der Waals surface area contributed by atoms with Crippen LogP contribution >= 0.6 is 0 Å². The second-order valence-electron chi connectivity index (χ2n) is 3.13. The molecule has 4 nitrogen and oxygen atoms in total. The molecule has 0 unspecified atom stereocenters. The number of nitrogens with zero attached hydrogens (tertiary/aromatic N) is 1. The molecule has 0 saturated carbocycles. The third-order valence-electron chi connectivity index (χ3n) is 1.91. The first-order chi connectivity index (χ1) is 6.59. The van der Waals surface area contributed by atoms with Crippen LogP contribution in [0.1, 0.15) is 18.9 Å². The van der Waals surface area contributed by atoms with Gasteiger partial charge in [-0.3, -0.25) is 10.1 Å². The number of nitro groups is 1. The van der Waals surface area contributed by atoms with Gasteiger partial charge in [0.15, 0.2) is 0 Å². The molecule has 1 aromatic rings. The van der Waals surface area contributed by atoms with Gasteiger partial charge >= 0.3 is 0 Å². The van der Waals surface area contributed by atoms with Crippen LogP contribution in [-0.4, -0.2) is 10.7 Å². The normalized spacial score (nSPS) is 9.79. The third kappa shape index (κ3) is 2.97. The summed E-state index contributed by atoms with van der Waals surface area (Å²) in [5.74, 6) is 0.128. The SMILES string of the molecule is CC(=O)CCc1ccc([N+](=O)[O-])cc1. The average Bonchev–Trinajstić information content (AvgIpc) is 2.15. The van der Waals surface area contributed by atoms with Gasteiger partial charge in [0, 0.05) is 18.6 Å². The predicted molar refractivity (Wildman–Crippen MR) is 52.1 cm³/mol.